The molecule has 104 valence electrons. The van der Waals surface area contributed by atoms with Crippen LogP contribution in [-0.4, -0.2) is 60.1 Å². The number of likely N-dealkylation sites (tertiary alicyclic amines) is 1. The molecule has 0 amide bonds. The van der Waals surface area contributed by atoms with Gasteiger partial charge in [0.25, 0.3) is 0 Å². The number of aliphatic carboxylic acids is 1. The number of hydrogen-bond acceptors (Lipinski definition) is 3. The van der Waals surface area contributed by atoms with E-state index >= 15 is 0 Å². The van der Waals surface area contributed by atoms with Gasteiger partial charge in [0.1, 0.15) is 0 Å². The fourth-order valence-corrected chi connectivity index (χ4v) is 3.14. The predicted molar refractivity (Wildman–Crippen MR) is 71.7 cm³/mol. The normalized spacial score (nSPS) is 26.9. The molecule has 1 saturated heterocycles. The zero-order chi connectivity index (χ0) is 13.0. The van der Waals surface area contributed by atoms with Gasteiger partial charge in [0.2, 0.25) is 0 Å². The standard InChI is InChI=1S/C14H26N2O2/c1-15(11-14(17)18)13-6-3-8-16(9-7-13)10-12-4-2-5-12/h12-13H,2-11H2,1H3,(H,17,18). The highest BCUT2D eigenvalue weighted by atomic mass is 16.4. The highest BCUT2D eigenvalue weighted by molar-refractivity contribution is 5.69. The summed E-state index contributed by atoms with van der Waals surface area (Å²) in [6.45, 7) is 3.79. The third kappa shape index (κ3) is 3.95. The molecule has 1 unspecified atom stereocenters. The first-order valence-corrected chi connectivity index (χ1v) is 7.29. The van der Waals surface area contributed by atoms with E-state index in [4.69, 9.17) is 5.11 Å². The van der Waals surface area contributed by atoms with Crippen molar-refractivity contribution in [3.63, 3.8) is 0 Å². The Balaban J connectivity index is 1.74. The fraction of sp³-hybridized carbons (Fsp3) is 0.929. The maximum Gasteiger partial charge on any atom is 0.317 e. The van der Waals surface area contributed by atoms with Gasteiger partial charge in [-0.1, -0.05) is 6.42 Å². The van der Waals surface area contributed by atoms with Crippen LogP contribution in [-0.2, 0) is 4.79 Å². The zero-order valence-electron chi connectivity index (χ0n) is 11.5. The molecule has 18 heavy (non-hydrogen) atoms. The molecule has 4 heteroatoms. The van der Waals surface area contributed by atoms with Crippen molar-refractivity contribution in [2.75, 3.05) is 33.2 Å². The van der Waals surface area contributed by atoms with E-state index in [0.717, 1.165) is 25.3 Å². The summed E-state index contributed by atoms with van der Waals surface area (Å²) in [5.41, 5.74) is 0. The average molecular weight is 254 g/mol. The zero-order valence-corrected chi connectivity index (χ0v) is 11.5. The van der Waals surface area contributed by atoms with Crippen LogP contribution >= 0.6 is 0 Å². The maximum absolute atomic E-state index is 10.7. The molecule has 2 rings (SSSR count). The van der Waals surface area contributed by atoms with Gasteiger partial charge >= 0.3 is 5.97 Å². The minimum atomic E-state index is -0.715. The molecule has 1 heterocycles. The molecule has 0 aromatic heterocycles. The molecule has 1 N–H and O–H groups in total. The number of hydrogen-bond donors (Lipinski definition) is 1. The summed E-state index contributed by atoms with van der Waals surface area (Å²) in [7, 11) is 1.94. The van der Waals surface area contributed by atoms with E-state index in [2.05, 4.69) is 4.90 Å². The average Bonchev–Trinajstić information content (AvgIpc) is 2.47. The van der Waals surface area contributed by atoms with Crippen LogP contribution in [0, 0.1) is 5.92 Å². The molecule has 1 saturated carbocycles. The van der Waals surface area contributed by atoms with E-state index in [9.17, 15) is 4.79 Å². The number of carbonyl (C=O) groups is 1. The van der Waals surface area contributed by atoms with E-state index in [-0.39, 0.29) is 6.54 Å². The molecule has 0 aromatic rings. The molecule has 1 aliphatic carbocycles. The van der Waals surface area contributed by atoms with E-state index < -0.39 is 5.97 Å². The number of nitrogens with zero attached hydrogens (tertiary/aromatic N) is 2. The maximum atomic E-state index is 10.7. The molecule has 0 aromatic carbocycles. The van der Waals surface area contributed by atoms with Crippen LogP contribution < -0.4 is 0 Å². The second-order valence-corrected chi connectivity index (χ2v) is 5.99. The van der Waals surface area contributed by atoms with Crippen molar-refractivity contribution in [2.45, 2.75) is 44.6 Å². The third-order valence-electron chi connectivity index (χ3n) is 4.54. The smallest absolute Gasteiger partial charge is 0.317 e. The van der Waals surface area contributed by atoms with Crippen LogP contribution in [0.2, 0.25) is 0 Å². The summed E-state index contributed by atoms with van der Waals surface area (Å²) in [5, 5.41) is 8.84. The lowest BCUT2D eigenvalue weighted by atomic mass is 9.85. The molecule has 2 fully saturated rings. The van der Waals surface area contributed by atoms with Gasteiger partial charge in [0, 0.05) is 12.6 Å². The quantitative estimate of drug-likeness (QED) is 0.810. The fourth-order valence-electron chi connectivity index (χ4n) is 3.14. The summed E-state index contributed by atoms with van der Waals surface area (Å²) in [4.78, 5) is 15.3. The number of likely N-dealkylation sites (N-methyl/N-ethyl adjacent to an activating group) is 1. The van der Waals surface area contributed by atoms with E-state index in [1.54, 1.807) is 0 Å². The van der Waals surface area contributed by atoms with Crippen molar-refractivity contribution in [1.82, 2.24) is 9.80 Å². The van der Waals surface area contributed by atoms with Crippen molar-refractivity contribution in [1.29, 1.82) is 0 Å². The van der Waals surface area contributed by atoms with Crippen molar-refractivity contribution in [3.8, 4) is 0 Å². The minimum absolute atomic E-state index is 0.174. The molecular formula is C14H26N2O2. The lowest BCUT2D eigenvalue weighted by molar-refractivity contribution is -0.138. The Morgan fingerprint density at radius 2 is 2.00 bits per heavy atom. The van der Waals surface area contributed by atoms with Gasteiger partial charge in [-0.3, -0.25) is 9.69 Å². The van der Waals surface area contributed by atoms with Crippen LogP contribution in [0.5, 0.6) is 0 Å². The van der Waals surface area contributed by atoms with Crippen molar-refractivity contribution in [3.05, 3.63) is 0 Å². The highest BCUT2D eigenvalue weighted by Crippen LogP contribution is 2.28. The first-order chi connectivity index (χ1) is 8.65. The lowest BCUT2D eigenvalue weighted by Gasteiger charge is -2.32. The monoisotopic (exact) mass is 254 g/mol. The summed E-state index contributed by atoms with van der Waals surface area (Å²) in [5.74, 6) is 0.228. The lowest BCUT2D eigenvalue weighted by Crippen LogP contribution is -2.37. The summed E-state index contributed by atoms with van der Waals surface area (Å²) in [6.07, 6.45) is 7.73. The highest BCUT2D eigenvalue weighted by Gasteiger charge is 2.25. The van der Waals surface area contributed by atoms with Crippen LogP contribution in [0.25, 0.3) is 0 Å². The van der Waals surface area contributed by atoms with Gasteiger partial charge in [0.05, 0.1) is 6.54 Å². The van der Waals surface area contributed by atoms with Gasteiger partial charge in [-0.05, 0) is 58.2 Å². The van der Waals surface area contributed by atoms with E-state index in [1.165, 1.54) is 38.8 Å². The molecule has 0 spiro atoms. The van der Waals surface area contributed by atoms with Crippen molar-refractivity contribution in [2.24, 2.45) is 5.92 Å². The Morgan fingerprint density at radius 3 is 2.61 bits per heavy atom. The topological polar surface area (TPSA) is 43.8 Å². The SMILES string of the molecule is CN(CC(=O)O)C1CCCN(CC2CCC2)CC1. The first kappa shape index (κ1) is 13.8. The Hall–Kier alpha value is -0.610. The Kier molecular flexibility index (Phi) is 5.01. The summed E-state index contributed by atoms with van der Waals surface area (Å²) < 4.78 is 0. The van der Waals surface area contributed by atoms with Crippen LogP contribution in [0.4, 0.5) is 0 Å². The second kappa shape index (κ2) is 6.53. The predicted octanol–water partition coefficient (Wildman–Crippen LogP) is 1.66. The Labute approximate surface area is 110 Å². The molecule has 1 atom stereocenters. The van der Waals surface area contributed by atoms with E-state index in [1.807, 2.05) is 11.9 Å². The van der Waals surface area contributed by atoms with Gasteiger partial charge < -0.3 is 10.0 Å². The van der Waals surface area contributed by atoms with Crippen LogP contribution in [0.1, 0.15) is 38.5 Å². The van der Waals surface area contributed by atoms with Gasteiger partial charge in [-0.15, -0.1) is 0 Å². The van der Waals surface area contributed by atoms with Gasteiger partial charge in [-0.25, -0.2) is 0 Å². The molecule has 2 aliphatic rings. The van der Waals surface area contributed by atoms with Crippen molar-refractivity contribution >= 4 is 5.97 Å². The van der Waals surface area contributed by atoms with E-state index in [0.29, 0.717) is 6.04 Å². The molecule has 0 radical (unpaired) electrons. The summed E-state index contributed by atoms with van der Waals surface area (Å²) >= 11 is 0. The van der Waals surface area contributed by atoms with Crippen LogP contribution in [0.15, 0.2) is 0 Å². The third-order valence-corrected chi connectivity index (χ3v) is 4.54. The largest absolute Gasteiger partial charge is 0.480 e. The molecule has 4 nitrogen and oxygen atoms in total. The molecular weight excluding hydrogens is 228 g/mol. The number of carboxylic acid groups (broad SMARTS) is 1. The minimum Gasteiger partial charge on any atom is -0.480 e. The Morgan fingerprint density at radius 1 is 1.22 bits per heavy atom. The van der Waals surface area contributed by atoms with Crippen LogP contribution in [0.3, 0.4) is 0 Å². The summed E-state index contributed by atoms with van der Waals surface area (Å²) in [6, 6.07) is 0.451. The van der Waals surface area contributed by atoms with Crippen molar-refractivity contribution < 1.29 is 9.90 Å². The Bertz CT molecular complexity index is 279. The second-order valence-electron chi connectivity index (χ2n) is 5.99. The number of carboxylic acids is 1. The van der Waals surface area contributed by atoms with Gasteiger partial charge in [-0.2, -0.15) is 0 Å². The number of rotatable bonds is 5. The molecule has 0 bridgehead atoms. The van der Waals surface area contributed by atoms with Gasteiger partial charge in [0.15, 0.2) is 0 Å². The first-order valence-electron chi connectivity index (χ1n) is 7.29. The molecule has 1 aliphatic heterocycles.